The molecular weight excluding hydrogens is 252 g/mol. The molecule has 0 N–H and O–H groups in total. The fourth-order valence-corrected chi connectivity index (χ4v) is 0.654. The quantitative estimate of drug-likeness (QED) is 0.241. The van der Waals surface area contributed by atoms with Gasteiger partial charge in [-0.2, -0.15) is 0 Å². The summed E-state index contributed by atoms with van der Waals surface area (Å²) in [6.07, 6.45) is 6.56. The molecule has 0 radical (unpaired) electrons. The van der Waals surface area contributed by atoms with Crippen molar-refractivity contribution in [3.05, 3.63) is 0 Å². The summed E-state index contributed by atoms with van der Waals surface area (Å²) in [7, 11) is -5.17. The predicted octanol–water partition coefficient (Wildman–Crippen LogP) is 0.815. The Morgan fingerprint density at radius 2 is 1.57 bits per heavy atom. The molecule has 0 aromatic carbocycles. The first-order valence-electron chi connectivity index (χ1n) is 4.02. The Labute approximate surface area is 95.3 Å². The molecule has 0 heterocycles. The van der Waals surface area contributed by atoms with Gasteiger partial charge in [0.1, 0.15) is 6.29 Å². The average Bonchev–Trinajstić information content (AvgIpc) is 1.95. The summed E-state index contributed by atoms with van der Waals surface area (Å²) in [5, 5.41) is 0. The second-order valence-electron chi connectivity index (χ2n) is 2.42. The molecule has 0 aliphatic carbocycles. The second-order valence-corrected chi connectivity index (χ2v) is 3.24. The summed E-state index contributed by atoms with van der Waals surface area (Å²) in [5.74, 6) is 0. The van der Waals surface area contributed by atoms with Crippen molar-refractivity contribution in [3.63, 3.8) is 0 Å². The van der Waals surface area contributed by atoms with E-state index in [1.54, 1.807) is 0 Å². The van der Waals surface area contributed by atoms with E-state index in [1.807, 2.05) is 0 Å². The van der Waals surface area contributed by atoms with Gasteiger partial charge in [0.25, 0.3) is 0 Å². The van der Waals surface area contributed by atoms with E-state index < -0.39 is 10.4 Å². The van der Waals surface area contributed by atoms with Gasteiger partial charge < -0.3 is 13.9 Å². The van der Waals surface area contributed by atoms with Crippen molar-refractivity contribution in [1.29, 1.82) is 0 Å². The summed E-state index contributed by atoms with van der Waals surface area (Å²) in [6, 6.07) is 0. The third kappa shape index (κ3) is 57.6. The minimum Gasteiger partial charge on any atom is -0.759 e. The first kappa shape index (κ1) is 19.6. The van der Waals surface area contributed by atoms with Crippen LogP contribution in [-0.4, -0.2) is 23.8 Å². The summed E-state index contributed by atoms with van der Waals surface area (Å²) < 4.78 is 34.1. The van der Waals surface area contributed by atoms with Crippen LogP contribution in [0.1, 0.15) is 39.0 Å². The zero-order chi connectivity index (χ0) is 10.7. The number of carbonyl (C=O) groups is 1. The van der Waals surface area contributed by atoms with Crippen LogP contribution in [0.5, 0.6) is 0 Å². The number of unbranched alkanes of at least 4 members (excludes halogenated alkanes) is 4. The SMILES string of the molecule is CCCCCCC=O.O=S(=O)([O-])[O-].[Fe+2]. The molecule has 0 aromatic rings. The molecule has 14 heavy (non-hydrogen) atoms. The molecular formula is C7H14FeO5S. The van der Waals surface area contributed by atoms with Gasteiger partial charge in [0.05, 0.1) is 0 Å². The van der Waals surface area contributed by atoms with Crippen LogP contribution in [0, 0.1) is 0 Å². The Bertz CT molecular complexity index is 194. The van der Waals surface area contributed by atoms with Gasteiger partial charge in [0.15, 0.2) is 0 Å². The third-order valence-electron chi connectivity index (χ3n) is 1.18. The van der Waals surface area contributed by atoms with E-state index in [1.165, 1.54) is 19.3 Å². The van der Waals surface area contributed by atoms with Crippen molar-refractivity contribution in [2.24, 2.45) is 0 Å². The van der Waals surface area contributed by atoms with Crippen LogP contribution in [0.4, 0.5) is 0 Å². The average molecular weight is 266 g/mol. The third-order valence-corrected chi connectivity index (χ3v) is 1.18. The van der Waals surface area contributed by atoms with Crippen LogP contribution in [-0.2, 0) is 32.3 Å². The summed E-state index contributed by atoms with van der Waals surface area (Å²) in [5.41, 5.74) is 0. The molecule has 0 rings (SSSR count). The van der Waals surface area contributed by atoms with Crippen LogP contribution in [0.3, 0.4) is 0 Å². The summed E-state index contributed by atoms with van der Waals surface area (Å²) in [6.45, 7) is 2.17. The first-order chi connectivity index (χ1) is 5.91. The van der Waals surface area contributed by atoms with Crippen molar-refractivity contribution in [1.82, 2.24) is 0 Å². The number of hydrogen-bond donors (Lipinski definition) is 0. The Balaban J connectivity index is -0.000000177. The normalized spacial score (nSPS) is 9.36. The zero-order valence-electron chi connectivity index (χ0n) is 7.92. The van der Waals surface area contributed by atoms with Gasteiger partial charge in [-0.25, -0.2) is 0 Å². The fraction of sp³-hybridized carbons (Fsp3) is 0.857. The van der Waals surface area contributed by atoms with E-state index in [0.29, 0.717) is 0 Å². The topological polar surface area (TPSA) is 97.3 Å². The van der Waals surface area contributed by atoms with E-state index in [-0.39, 0.29) is 17.1 Å². The standard InChI is InChI=1S/C7H14O.Fe.H2O4S/c1-2-3-4-5-6-7-8;;1-5(2,3)4/h7H,2-6H2,1H3;;(H2,1,2,3,4)/q;+2;/p-2. The number of aldehydes is 1. The van der Waals surface area contributed by atoms with Crippen molar-refractivity contribution in [2.75, 3.05) is 0 Å². The molecule has 86 valence electrons. The van der Waals surface area contributed by atoms with Crippen LogP contribution in [0.2, 0.25) is 0 Å². The van der Waals surface area contributed by atoms with Crippen LogP contribution >= 0.6 is 0 Å². The van der Waals surface area contributed by atoms with Gasteiger partial charge in [0.2, 0.25) is 0 Å². The van der Waals surface area contributed by atoms with Gasteiger partial charge in [-0.3, -0.25) is 8.42 Å². The van der Waals surface area contributed by atoms with Gasteiger partial charge in [-0.05, 0) is 6.42 Å². The summed E-state index contributed by atoms with van der Waals surface area (Å²) in [4.78, 5) is 9.77. The number of rotatable bonds is 5. The molecule has 0 saturated carbocycles. The van der Waals surface area contributed by atoms with E-state index in [9.17, 15) is 4.79 Å². The van der Waals surface area contributed by atoms with Gasteiger partial charge in [-0.1, -0.05) is 26.2 Å². The van der Waals surface area contributed by atoms with Gasteiger partial charge >= 0.3 is 17.1 Å². The summed E-state index contributed by atoms with van der Waals surface area (Å²) >= 11 is 0. The first-order valence-corrected chi connectivity index (χ1v) is 5.35. The van der Waals surface area contributed by atoms with Gasteiger partial charge in [-0.15, -0.1) is 0 Å². The fourth-order valence-electron chi connectivity index (χ4n) is 0.654. The van der Waals surface area contributed by atoms with E-state index in [4.69, 9.17) is 17.5 Å². The number of carbonyl (C=O) groups excluding carboxylic acids is 1. The predicted molar refractivity (Wildman–Crippen MR) is 45.3 cm³/mol. The second kappa shape index (κ2) is 13.1. The maximum absolute atomic E-state index is 9.77. The van der Waals surface area contributed by atoms with Gasteiger partial charge in [0, 0.05) is 16.8 Å². The van der Waals surface area contributed by atoms with Crippen molar-refractivity contribution >= 4 is 16.7 Å². The van der Waals surface area contributed by atoms with Crippen LogP contribution in [0.15, 0.2) is 0 Å². The van der Waals surface area contributed by atoms with Crippen LogP contribution in [0.25, 0.3) is 0 Å². The Morgan fingerprint density at radius 1 is 1.14 bits per heavy atom. The Kier molecular flexibility index (Phi) is 18.3. The maximum Gasteiger partial charge on any atom is 2.00 e. The molecule has 0 aliphatic heterocycles. The molecule has 0 spiro atoms. The van der Waals surface area contributed by atoms with Crippen molar-refractivity contribution < 1.29 is 39.4 Å². The zero-order valence-corrected chi connectivity index (χ0v) is 9.84. The van der Waals surface area contributed by atoms with Crippen LogP contribution < -0.4 is 0 Å². The molecule has 0 aromatic heterocycles. The Morgan fingerprint density at radius 3 is 1.86 bits per heavy atom. The van der Waals surface area contributed by atoms with E-state index >= 15 is 0 Å². The molecule has 0 saturated heterocycles. The monoisotopic (exact) mass is 266 g/mol. The smallest absolute Gasteiger partial charge is 0.759 e. The molecule has 0 amide bonds. The van der Waals surface area contributed by atoms with E-state index in [2.05, 4.69) is 6.92 Å². The van der Waals surface area contributed by atoms with E-state index in [0.717, 1.165) is 19.1 Å². The molecule has 0 fully saturated rings. The molecule has 0 unspecified atom stereocenters. The Hall–Kier alpha value is 0.0595. The molecule has 7 heteroatoms. The molecule has 0 atom stereocenters. The molecule has 0 aliphatic rings. The molecule has 5 nitrogen and oxygen atoms in total. The largest absolute Gasteiger partial charge is 2.00 e. The van der Waals surface area contributed by atoms with Crippen molar-refractivity contribution in [2.45, 2.75) is 39.0 Å². The minimum absolute atomic E-state index is 0. The molecule has 0 bridgehead atoms. The number of hydrogen-bond acceptors (Lipinski definition) is 5. The maximum atomic E-state index is 9.77. The van der Waals surface area contributed by atoms with Crippen molar-refractivity contribution in [3.8, 4) is 0 Å². The minimum atomic E-state index is -5.17.